The molecule has 0 fully saturated rings. The maximum Gasteiger partial charge on any atom is 0.267 e. The van der Waals surface area contributed by atoms with E-state index in [1.165, 1.54) is 9.44 Å². The molecular weight excluding hydrogens is 316 g/mol. The van der Waals surface area contributed by atoms with E-state index in [-0.39, 0.29) is 5.56 Å². The van der Waals surface area contributed by atoms with Crippen LogP contribution in [0, 0.1) is 4.77 Å². The number of aromatic nitrogens is 2. The molecule has 0 spiro atoms. The van der Waals surface area contributed by atoms with Crippen molar-refractivity contribution < 1.29 is 4.74 Å². The molecule has 114 valence electrons. The molecule has 0 saturated heterocycles. The van der Waals surface area contributed by atoms with Crippen LogP contribution in [0.2, 0.25) is 0 Å². The highest BCUT2D eigenvalue weighted by Crippen LogP contribution is 2.22. The van der Waals surface area contributed by atoms with Gasteiger partial charge in [-0.15, -0.1) is 11.3 Å². The van der Waals surface area contributed by atoms with Gasteiger partial charge in [0.15, 0.2) is 4.77 Å². The van der Waals surface area contributed by atoms with Crippen LogP contribution in [0.25, 0.3) is 15.9 Å². The second-order valence-electron chi connectivity index (χ2n) is 4.81. The first-order chi connectivity index (χ1) is 10.6. The fourth-order valence-electron chi connectivity index (χ4n) is 2.33. The number of aromatic amines is 1. The zero-order chi connectivity index (χ0) is 15.7. The van der Waals surface area contributed by atoms with Crippen LogP contribution in [-0.2, 0) is 6.42 Å². The van der Waals surface area contributed by atoms with Crippen molar-refractivity contribution in [1.82, 2.24) is 9.55 Å². The molecule has 6 heteroatoms. The first-order valence-corrected chi connectivity index (χ1v) is 8.37. The van der Waals surface area contributed by atoms with Crippen molar-refractivity contribution in [3.63, 3.8) is 0 Å². The largest absolute Gasteiger partial charge is 0.494 e. The van der Waals surface area contributed by atoms with E-state index in [2.05, 4.69) is 11.9 Å². The molecule has 0 bridgehead atoms. The van der Waals surface area contributed by atoms with Crippen molar-refractivity contribution in [2.75, 3.05) is 6.61 Å². The maximum absolute atomic E-state index is 12.7. The van der Waals surface area contributed by atoms with Crippen LogP contribution >= 0.6 is 23.6 Å². The molecule has 0 aliphatic rings. The summed E-state index contributed by atoms with van der Waals surface area (Å²) < 4.78 is 7.36. The molecule has 1 aromatic carbocycles. The lowest BCUT2D eigenvalue weighted by Crippen LogP contribution is -2.19. The molecule has 1 N–H and O–H groups in total. The Morgan fingerprint density at radius 3 is 2.64 bits per heavy atom. The lowest BCUT2D eigenvalue weighted by Gasteiger charge is -2.08. The molecule has 3 rings (SSSR count). The van der Waals surface area contributed by atoms with E-state index in [1.807, 2.05) is 37.3 Å². The third-order valence-corrected chi connectivity index (χ3v) is 4.87. The number of H-pyrrole nitrogens is 1. The van der Waals surface area contributed by atoms with Crippen molar-refractivity contribution in [1.29, 1.82) is 0 Å². The van der Waals surface area contributed by atoms with Crippen LogP contribution in [0.1, 0.15) is 18.7 Å². The lowest BCUT2D eigenvalue weighted by molar-refractivity contribution is 0.340. The number of rotatable bonds is 4. The summed E-state index contributed by atoms with van der Waals surface area (Å²) in [7, 11) is 0. The Morgan fingerprint density at radius 2 is 2.00 bits per heavy atom. The molecule has 3 aromatic rings. The average molecular weight is 332 g/mol. The van der Waals surface area contributed by atoms with E-state index in [0.717, 1.165) is 22.7 Å². The number of aryl methyl sites for hydroxylation is 1. The molecule has 2 aromatic heterocycles. The first-order valence-electron chi connectivity index (χ1n) is 7.15. The van der Waals surface area contributed by atoms with Gasteiger partial charge in [0.2, 0.25) is 0 Å². The standard InChI is InChI=1S/C16H16N2O2S2/c1-3-12-9-13-14(22-12)17-16(21)18(15(13)19)10-5-7-11(8-6-10)20-4-2/h5-9H,3-4H2,1-2H3,(H,17,21). The fraction of sp³-hybridized carbons (Fsp3) is 0.250. The van der Waals surface area contributed by atoms with Gasteiger partial charge in [-0.25, -0.2) is 0 Å². The molecule has 0 aliphatic heterocycles. The summed E-state index contributed by atoms with van der Waals surface area (Å²) in [5.74, 6) is 0.777. The SMILES string of the molecule is CCOc1ccc(-n2c(=S)[nH]c3sc(CC)cc3c2=O)cc1. The Morgan fingerprint density at radius 1 is 1.27 bits per heavy atom. The molecule has 0 aliphatic carbocycles. The summed E-state index contributed by atoms with van der Waals surface area (Å²) in [6.07, 6.45) is 0.905. The van der Waals surface area contributed by atoms with Crippen LogP contribution in [0.3, 0.4) is 0 Å². The zero-order valence-electron chi connectivity index (χ0n) is 12.4. The van der Waals surface area contributed by atoms with Gasteiger partial charge in [-0.3, -0.25) is 9.36 Å². The Bertz CT molecular complexity index is 920. The van der Waals surface area contributed by atoms with Gasteiger partial charge >= 0.3 is 0 Å². The van der Waals surface area contributed by atoms with Gasteiger partial charge in [0.1, 0.15) is 10.6 Å². The van der Waals surface area contributed by atoms with Crippen LogP contribution in [0.4, 0.5) is 0 Å². The van der Waals surface area contributed by atoms with Crippen LogP contribution in [0.5, 0.6) is 5.75 Å². The second-order valence-corrected chi connectivity index (χ2v) is 6.33. The number of nitrogens with one attached hydrogen (secondary N) is 1. The van der Waals surface area contributed by atoms with E-state index in [0.29, 0.717) is 16.8 Å². The van der Waals surface area contributed by atoms with Crippen LogP contribution < -0.4 is 10.3 Å². The van der Waals surface area contributed by atoms with E-state index in [4.69, 9.17) is 17.0 Å². The molecule has 0 atom stereocenters. The fourth-order valence-corrected chi connectivity index (χ4v) is 3.67. The quantitative estimate of drug-likeness (QED) is 0.733. The van der Waals surface area contributed by atoms with Gasteiger partial charge in [0.25, 0.3) is 5.56 Å². The third-order valence-electron chi connectivity index (χ3n) is 3.39. The highest BCUT2D eigenvalue weighted by molar-refractivity contribution is 7.71. The van der Waals surface area contributed by atoms with Crippen LogP contribution in [0.15, 0.2) is 35.1 Å². The predicted molar refractivity (Wildman–Crippen MR) is 93.2 cm³/mol. The average Bonchev–Trinajstić information content (AvgIpc) is 2.92. The highest BCUT2D eigenvalue weighted by atomic mass is 32.1. The Hall–Kier alpha value is -1.92. The van der Waals surface area contributed by atoms with Gasteiger partial charge in [-0.2, -0.15) is 0 Å². The normalized spacial score (nSPS) is 11.0. The van der Waals surface area contributed by atoms with Crippen LogP contribution in [-0.4, -0.2) is 16.2 Å². The van der Waals surface area contributed by atoms with E-state index >= 15 is 0 Å². The lowest BCUT2D eigenvalue weighted by atomic mass is 10.3. The number of nitrogens with zero attached hydrogens (tertiary/aromatic N) is 1. The van der Waals surface area contributed by atoms with Crippen molar-refractivity contribution in [2.24, 2.45) is 0 Å². The molecule has 2 heterocycles. The zero-order valence-corrected chi connectivity index (χ0v) is 14.0. The summed E-state index contributed by atoms with van der Waals surface area (Å²) in [4.78, 5) is 17.9. The van der Waals surface area contributed by atoms with E-state index < -0.39 is 0 Å². The number of ether oxygens (including phenoxy) is 1. The summed E-state index contributed by atoms with van der Waals surface area (Å²) in [5.41, 5.74) is 0.653. The van der Waals surface area contributed by atoms with Gasteiger partial charge in [0, 0.05) is 4.88 Å². The third kappa shape index (κ3) is 2.60. The molecule has 0 amide bonds. The number of hydrogen-bond acceptors (Lipinski definition) is 4. The predicted octanol–water partition coefficient (Wildman–Crippen LogP) is 4.07. The van der Waals surface area contributed by atoms with E-state index in [9.17, 15) is 4.79 Å². The van der Waals surface area contributed by atoms with Crippen molar-refractivity contribution in [2.45, 2.75) is 20.3 Å². The number of benzene rings is 1. The van der Waals surface area contributed by atoms with Gasteiger partial charge in [-0.05, 0) is 55.9 Å². The smallest absolute Gasteiger partial charge is 0.267 e. The topological polar surface area (TPSA) is 47.0 Å². The molecule has 4 nitrogen and oxygen atoms in total. The molecule has 0 radical (unpaired) electrons. The minimum absolute atomic E-state index is 0.0844. The monoisotopic (exact) mass is 332 g/mol. The Labute approximate surface area is 137 Å². The van der Waals surface area contributed by atoms with Gasteiger partial charge < -0.3 is 9.72 Å². The molecule has 0 saturated carbocycles. The Kier molecular flexibility index (Phi) is 4.13. The minimum Gasteiger partial charge on any atom is -0.494 e. The number of hydrogen-bond donors (Lipinski definition) is 1. The van der Waals surface area contributed by atoms with Gasteiger partial charge in [0.05, 0.1) is 17.7 Å². The van der Waals surface area contributed by atoms with Crippen molar-refractivity contribution >= 4 is 33.8 Å². The summed E-state index contributed by atoms with van der Waals surface area (Å²) in [5, 5.41) is 0.685. The van der Waals surface area contributed by atoms with Crippen molar-refractivity contribution in [3.05, 3.63) is 50.3 Å². The van der Waals surface area contributed by atoms with Crippen molar-refractivity contribution in [3.8, 4) is 11.4 Å². The second kappa shape index (κ2) is 6.06. The maximum atomic E-state index is 12.7. The Balaban J connectivity index is 2.17. The number of thiophene rings is 1. The number of fused-ring (bicyclic) bond motifs is 1. The summed E-state index contributed by atoms with van der Waals surface area (Å²) >= 11 is 6.94. The first kappa shape index (κ1) is 15.0. The summed E-state index contributed by atoms with van der Waals surface area (Å²) in [6, 6.07) is 9.31. The minimum atomic E-state index is -0.0844. The molecular formula is C16H16N2O2S2. The molecule has 22 heavy (non-hydrogen) atoms. The van der Waals surface area contributed by atoms with E-state index in [1.54, 1.807) is 11.3 Å². The van der Waals surface area contributed by atoms with Gasteiger partial charge in [-0.1, -0.05) is 6.92 Å². The highest BCUT2D eigenvalue weighted by Gasteiger charge is 2.10. The summed E-state index contributed by atoms with van der Waals surface area (Å²) in [6.45, 7) is 4.62. The molecule has 0 unspecified atom stereocenters.